The van der Waals surface area contributed by atoms with E-state index in [1.807, 2.05) is 25.2 Å². The predicted octanol–water partition coefficient (Wildman–Crippen LogP) is 3.35. The lowest BCUT2D eigenvalue weighted by atomic mass is 10.2. The van der Waals surface area contributed by atoms with Crippen molar-refractivity contribution in [1.82, 2.24) is 15.5 Å². The third-order valence-corrected chi connectivity index (χ3v) is 3.43. The molecule has 1 unspecified atom stereocenters. The van der Waals surface area contributed by atoms with Crippen LogP contribution in [0, 0.1) is 5.92 Å². The van der Waals surface area contributed by atoms with Crippen LogP contribution < -0.4 is 14.8 Å². The van der Waals surface area contributed by atoms with E-state index in [4.69, 9.17) is 14.0 Å². The number of aromatic nitrogens is 2. The largest absolute Gasteiger partial charge is 0.493 e. The van der Waals surface area contributed by atoms with Crippen molar-refractivity contribution >= 4 is 12.4 Å². The molecule has 7 heteroatoms. The summed E-state index contributed by atoms with van der Waals surface area (Å²) in [5, 5.41) is 7.17. The van der Waals surface area contributed by atoms with Crippen molar-refractivity contribution in [3.63, 3.8) is 0 Å². The van der Waals surface area contributed by atoms with Crippen molar-refractivity contribution in [2.45, 2.75) is 33.2 Å². The van der Waals surface area contributed by atoms with Crippen LogP contribution in [0.1, 0.15) is 26.6 Å². The van der Waals surface area contributed by atoms with Crippen molar-refractivity contribution in [1.29, 1.82) is 0 Å². The molecule has 0 amide bonds. The third-order valence-electron chi connectivity index (χ3n) is 3.43. The monoisotopic (exact) mass is 355 g/mol. The van der Waals surface area contributed by atoms with Crippen LogP contribution in [0.15, 0.2) is 22.7 Å². The Kier molecular flexibility index (Phi) is 8.01. The van der Waals surface area contributed by atoms with Gasteiger partial charge in [-0.3, -0.25) is 0 Å². The maximum absolute atomic E-state index is 5.75. The van der Waals surface area contributed by atoms with E-state index in [1.54, 1.807) is 7.11 Å². The summed E-state index contributed by atoms with van der Waals surface area (Å²) >= 11 is 0. The quantitative estimate of drug-likeness (QED) is 0.783. The molecule has 1 atom stereocenters. The van der Waals surface area contributed by atoms with Gasteiger partial charge in [0.25, 0.3) is 5.89 Å². The molecule has 1 N–H and O–H groups in total. The van der Waals surface area contributed by atoms with Crippen LogP contribution in [0.2, 0.25) is 0 Å². The zero-order valence-corrected chi connectivity index (χ0v) is 15.6. The molecule has 1 aromatic heterocycles. The van der Waals surface area contributed by atoms with Crippen LogP contribution in [-0.4, -0.2) is 36.9 Å². The van der Waals surface area contributed by atoms with Gasteiger partial charge in [-0.1, -0.05) is 19.0 Å². The average Bonchev–Trinajstić information content (AvgIpc) is 3.00. The van der Waals surface area contributed by atoms with E-state index >= 15 is 0 Å². The zero-order valence-electron chi connectivity index (χ0n) is 14.8. The second-order valence-electron chi connectivity index (χ2n) is 5.98. The van der Waals surface area contributed by atoms with Crippen molar-refractivity contribution in [2.24, 2.45) is 5.92 Å². The van der Waals surface area contributed by atoms with Crippen LogP contribution in [0.3, 0.4) is 0 Å². The standard InChI is InChI=1S/C17H25N3O3.ClH/c1-11(2)10-22-14-7-6-13(9-15(14)21-5)17-19-16(20-23-17)8-12(3)18-4;/h6-7,9,11-12,18H,8,10H2,1-5H3;1H. The predicted molar refractivity (Wildman–Crippen MR) is 96.1 cm³/mol. The van der Waals surface area contributed by atoms with Crippen LogP contribution in [0.25, 0.3) is 11.5 Å². The van der Waals surface area contributed by atoms with Crippen molar-refractivity contribution in [3.8, 4) is 23.0 Å². The van der Waals surface area contributed by atoms with Gasteiger partial charge in [-0.15, -0.1) is 12.4 Å². The van der Waals surface area contributed by atoms with E-state index in [0.717, 1.165) is 5.56 Å². The Labute approximate surface area is 149 Å². The molecule has 1 aromatic carbocycles. The smallest absolute Gasteiger partial charge is 0.258 e. The van der Waals surface area contributed by atoms with E-state index < -0.39 is 0 Å². The Morgan fingerprint density at radius 3 is 2.58 bits per heavy atom. The molecule has 0 aliphatic carbocycles. The van der Waals surface area contributed by atoms with E-state index in [2.05, 4.69) is 36.2 Å². The fraction of sp³-hybridized carbons (Fsp3) is 0.529. The number of ether oxygens (including phenoxy) is 2. The number of halogens is 1. The first-order valence-corrected chi connectivity index (χ1v) is 7.84. The van der Waals surface area contributed by atoms with Gasteiger partial charge in [-0.05, 0) is 38.1 Å². The van der Waals surface area contributed by atoms with Crippen molar-refractivity contribution in [2.75, 3.05) is 20.8 Å². The summed E-state index contributed by atoms with van der Waals surface area (Å²) in [4.78, 5) is 4.43. The molecular weight excluding hydrogens is 330 g/mol. The molecule has 2 aromatic rings. The Hall–Kier alpha value is -1.79. The molecule has 6 nitrogen and oxygen atoms in total. The van der Waals surface area contributed by atoms with Gasteiger partial charge in [0, 0.05) is 18.0 Å². The minimum Gasteiger partial charge on any atom is -0.493 e. The molecule has 0 spiro atoms. The molecule has 0 bridgehead atoms. The van der Waals surface area contributed by atoms with Crippen LogP contribution in [0.4, 0.5) is 0 Å². The van der Waals surface area contributed by atoms with Crippen LogP contribution >= 0.6 is 12.4 Å². The molecule has 0 aliphatic rings. The third kappa shape index (κ3) is 5.39. The first kappa shape index (κ1) is 20.3. The molecule has 0 radical (unpaired) electrons. The maximum atomic E-state index is 5.75. The highest BCUT2D eigenvalue weighted by molar-refractivity contribution is 5.85. The number of nitrogens with one attached hydrogen (secondary N) is 1. The van der Waals surface area contributed by atoms with Gasteiger partial charge < -0.3 is 19.3 Å². The highest BCUT2D eigenvalue weighted by atomic mass is 35.5. The first-order valence-electron chi connectivity index (χ1n) is 7.84. The SMILES string of the molecule is CNC(C)Cc1noc(-c2ccc(OCC(C)C)c(OC)c2)n1.Cl. The highest BCUT2D eigenvalue weighted by Gasteiger charge is 2.14. The lowest BCUT2D eigenvalue weighted by Crippen LogP contribution is -2.24. The van der Waals surface area contributed by atoms with Crippen LogP contribution in [-0.2, 0) is 6.42 Å². The molecule has 134 valence electrons. The fourth-order valence-electron chi connectivity index (χ4n) is 2.01. The lowest BCUT2D eigenvalue weighted by Gasteiger charge is -2.12. The first-order chi connectivity index (χ1) is 11.0. The summed E-state index contributed by atoms with van der Waals surface area (Å²) in [6.07, 6.45) is 0.715. The van der Waals surface area contributed by atoms with E-state index in [-0.39, 0.29) is 12.4 Å². The summed E-state index contributed by atoms with van der Waals surface area (Å²) in [6, 6.07) is 5.92. The molecule has 2 rings (SSSR count). The molecule has 1 heterocycles. The number of hydrogen-bond acceptors (Lipinski definition) is 6. The Morgan fingerprint density at radius 1 is 1.21 bits per heavy atom. The Balaban J connectivity index is 0.00000288. The number of hydrogen-bond donors (Lipinski definition) is 1. The highest BCUT2D eigenvalue weighted by Crippen LogP contribution is 2.32. The fourth-order valence-corrected chi connectivity index (χ4v) is 2.01. The molecule has 0 saturated heterocycles. The van der Waals surface area contributed by atoms with E-state index in [9.17, 15) is 0 Å². The summed E-state index contributed by atoms with van der Waals surface area (Å²) in [5.41, 5.74) is 0.814. The topological polar surface area (TPSA) is 69.4 Å². The second-order valence-corrected chi connectivity index (χ2v) is 5.98. The molecule has 0 aliphatic heterocycles. The lowest BCUT2D eigenvalue weighted by molar-refractivity contribution is 0.257. The van der Waals surface area contributed by atoms with Crippen molar-refractivity contribution in [3.05, 3.63) is 24.0 Å². The zero-order chi connectivity index (χ0) is 16.8. The number of methoxy groups -OCH3 is 1. The van der Waals surface area contributed by atoms with Gasteiger partial charge in [0.05, 0.1) is 13.7 Å². The summed E-state index contributed by atoms with van der Waals surface area (Å²) in [5.74, 6) is 2.99. The average molecular weight is 356 g/mol. The summed E-state index contributed by atoms with van der Waals surface area (Å²) in [7, 11) is 3.53. The Morgan fingerprint density at radius 2 is 1.96 bits per heavy atom. The minimum atomic E-state index is 0. The number of likely N-dealkylation sites (N-methyl/N-ethyl adjacent to an activating group) is 1. The minimum absolute atomic E-state index is 0. The molecule has 0 saturated carbocycles. The maximum Gasteiger partial charge on any atom is 0.258 e. The molecule has 0 fully saturated rings. The van der Waals surface area contributed by atoms with Gasteiger partial charge in [-0.25, -0.2) is 0 Å². The number of rotatable bonds is 8. The Bertz CT molecular complexity index is 631. The molecule has 24 heavy (non-hydrogen) atoms. The van der Waals surface area contributed by atoms with E-state index in [0.29, 0.717) is 48.2 Å². The van der Waals surface area contributed by atoms with E-state index in [1.165, 1.54) is 0 Å². The van der Waals surface area contributed by atoms with Gasteiger partial charge >= 0.3 is 0 Å². The summed E-state index contributed by atoms with van der Waals surface area (Å²) in [6.45, 7) is 6.92. The summed E-state index contributed by atoms with van der Waals surface area (Å²) < 4.78 is 16.5. The number of nitrogens with zero attached hydrogens (tertiary/aromatic N) is 2. The van der Waals surface area contributed by atoms with Gasteiger partial charge in [-0.2, -0.15) is 4.98 Å². The number of benzene rings is 1. The van der Waals surface area contributed by atoms with Gasteiger partial charge in [0.1, 0.15) is 0 Å². The second kappa shape index (κ2) is 9.49. The van der Waals surface area contributed by atoms with Gasteiger partial charge in [0.2, 0.25) is 0 Å². The van der Waals surface area contributed by atoms with Crippen LogP contribution in [0.5, 0.6) is 11.5 Å². The molecular formula is C17H26ClN3O3. The van der Waals surface area contributed by atoms with Crippen molar-refractivity contribution < 1.29 is 14.0 Å². The van der Waals surface area contributed by atoms with Gasteiger partial charge in [0.15, 0.2) is 17.3 Å². The normalized spacial score (nSPS) is 11.9.